The molecule has 3 N–H and O–H groups in total. The summed E-state index contributed by atoms with van der Waals surface area (Å²) in [6.45, 7) is 3.76. The Bertz CT molecular complexity index is 320. The van der Waals surface area contributed by atoms with Crippen molar-refractivity contribution in [1.82, 2.24) is 15.2 Å². The third kappa shape index (κ3) is 2.68. The highest BCUT2D eigenvalue weighted by molar-refractivity contribution is 4.99. The van der Waals surface area contributed by atoms with E-state index in [1.165, 1.54) is 0 Å². The van der Waals surface area contributed by atoms with Gasteiger partial charge >= 0.3 is 6.18 Å². The lowest BCUT2D eigenvalue weighted by Crippen LogP contribution is -2.20. The summed E-state index contributed by atoms with van der Waals surface area (Å²) < 4.78 is 36.5. The van der Waals surface area contributed by atoms with Crippen molar-refractivity contribution in [3.8, 4) is 0 Å². The van der Waals surface area contributed by atoms with E-state index in [0.29, 0.717) is 0 Å². The molecule has 15 heavy (non-hydrogen) atoms. The number of halogens is 3. The number of hydrogen-bond acceptors (Lipinski definition) is 3. The Labute approximate surface area is 85.1 Å². The van der Waals surface area contributed by atoms with Crippen molar-refractivity contribution in [1.29, 1.82) is 0 Å². The van der Waals surface area contributed by atoms with E-state index in [0.717, 1.165) is 6.42 Å². The smallest absolute Gasteiger partial charge is 0.321 e. The van der Waals surface area contributed by atoms with Crippen LogP contribution < -0.4 is 5.73 Å². The molecule has 1 heterocycles. The number of H-pyrrole nitrogens is 1. The number of aromatic nitrogens is 3. The minimum absolute atomic E-state index is 0.0547. The van der Waals surface area contributed by atoms with Crippen LogP contribution in [0.3, 0.4) is 0 Å². The van der Waals surface area contributed by atoms with Crippen molar-refractivity contribution in [2.45, 2.75) is 32.5 Å². The van der Waals surface area contributed by atoms with Crippen molar-refractivity contribution in [3.05, 3.63) is 11.6 Å². The second kappa shape index (κ2) is 4.18. The quantitative estimate of drug-likeness (QED) is 0.820. The van der Waals surface area contributed by atoms with Crippen LogP contribution in [0.1, 0.15) is 38.0 Å². The fourth-order valence-corrected chi connectivity index (χ4v) is 1.07. The Morgan fingerprint density at radius 2 is 2.07 bits per heavy atom. The number of hydrogen-bond donors (Lipinski definition) is 2. The Kier molecular flexibility index (Phi) is 3.33. The molecular formula is C8H13F3N4. The lowest BCUT2D eigenvalue weighted by Gasteiger charge is -2.14. The maximum atomic E-state index is 12.2. The van der Waals surface area contributed by atoms with Gasteiger partial charge in [-0.3, -0.25) is 5.10 Å². The van der Waals surface area contributed by atoms with E-state index in [1.54, 1.807) is 0 Å². The third-order valence-electron chi connectivity index (χ3n) is 2.33. The normalized spacial score (nSPS) is 16.4. The van der Waals surface area contributed by atoms with E-state index >= 15 is 0 Å². The molecule has 7 heteroatoms. The number of nitrogens with zero attached hydrogens (tertiary/aromatic N) is 2. The van der Waals surface area contributed by atoms with Crippen molar-refractivity contribution in [2.24, 2.45) is 11.7 Å². The maximum Gasteiger partial charge on any atom is 0.453 e. The fourth-order valence-electron chi connectivity index (χ4n) is 1.07. The van der Waals surface area contributed by atoms with Crippen LogP contribution in [0.4, 0.5) is 13.2 Å². The molecule has 0 aliphatic rings. The van der Waals surface area contributed by atoms with Gasteiger partial charge < -0.3 is 5.73 Å². The topological polar surface area (TPSA) is 67.6 Å². The molecule has 0 saturated carbocycles. The molecule has 1 rings (SSSR count). The van der Waals surface area contributed by atoms with E-state index in [2.05, 4.69) is 15.2 Å². The van der Waals surface area contributed by atoms with E-state index in [4.69, 9.17) is 5.73 Å². The lowest BCUT2D eigenvalue weighted by molar-refractivity contribution is -0.144. The largest absolute Gasteiger partial charge is 0.453 e. The summed E-state index contributed by atoms with van der Waals surface area (Å²) in [5.74, 6) is -1.04. The van der Waals surface area contributed by atoms with Crippen LogP contribution in [0.25, 0.3) is 0 Å². The van der Waals surface area contributed by atoms with Gasteiger partial charge in [-0.25, -0.2) is 4.98 Å². The van der Waals surface area contributed by atoms with Gasteiger partial charge in [-0.15, -0.1) is 5.10 Å². The highest BCUT2D eigenvalue weighted by Gasteiger charge is 2.36. The second-order valence-electron chi connectivity index (χ2n) is 3.45. The summed E-state index contributed by atoms with van der Waals surface area (Å²) in [4.78, 5) is 3.33. The third-order valence-corrected chi connectivity index (χ3v) is 2.33. The highest BCUT2D eigenvalue weighted by Crippen LogP contribution is 2.27. The van der Waals surface area contributed by atoms with Gasteiger partial charge in [0, 0.05) is 0 Å². The van der Waals surface area contributed by atoms with Gasteiger partial charge in [0.25, 0.3) is 5.82 Å². The number of rotatable bonds is 3. The van der Waals surface area contributed by atoms with Gasteiger partial charge in [0.05, 0.1) is 6.04 Å². The first kappa shape index (κ1) is 12.0. The first-order valence-electron chi connectivity index (χ1n) is 4.61. The van der Waals surface area contributed by atoms with E-state index in [-0.39, 0.29) is 11.7 Å². The van der Waals surface area contributed by atoms with Crippen LogP contribution in [0, 0.1) is 5.92 Å². The molecule has 86 valence electrons. The molecule has 0 radical (unpaired) electrons. The van der Waals surface area contributed by atoms with Gasteiger partial charge in [0.15, 0.2) is 0 Å². The van der Waals surface area contributed by atoms with Crippen LogP contribution in [0.2, 0.25) is 0 Å². The van der Waals surface area contributed by atoms with Gasteiger partial charge in [0.2, 0.25) is 0 Å². The molecule has 0 saturated heterocycles. The van der Waals surface area contributed by atoms with Crippen molar-refractivity contribution in [3.63, 3.8) is 0 Å². The Morgan fingerprint density at radius 3 is 2.47 bits per heavy atom. The summed E-state index contributed by atoms with van der Waals surface area (Å²) in [7, 11) is 0. The number of nitrogens with two attached hydrogens (primary N) is 1. The second-order valence-corrected chi connectivity index (χ2v) is 3.45. The Morgan fingerprint density at radius 1 is 1.47 bits per heavy atom. The first-order chi connectivity index (χ1) is 6.86. The summed E-state index contributed by atoms with van der Waals surface area (Å²) in [5, 5.41) is 5.31. The average molecular weight is 222 g/mol. The fraction of sp³-hybridized carbons (Fsp3) is 0.750. The molecule has 4 nitrogen and oxygen atoms in total. The Hall–Kier alpha value is -1.11. The van der Waals surface area contributed by atoms with Crippen LogP contribution >= 0.6 is 0 Å². The van der Waals surface area contributed by atoms with Crippen LogP contribution in [-0.4, -0.2) is 15.2 Å². The first-order valence-corrected chi connectivity index (χ1v) is 4.61. The minimum atomic E-state index is -4.52. The molecule has 2 atom stereocenters. The average Bonchev–Trinajstić information content (AvgIpc) is 2.63. The van der Waals surface area contributed by atoms with E-state index in [9.17, 15) is 13.2 Å². The highest BCUT2D eigenvalue weighted by atomic mass is 19.4. The number of alkyl halides is 3. The summed E-state index contributed by atoms with van der Waals surface area (Å²) in [6.07, 6.45) is -3.76. The molecule has 0 aliphatic carbocycles. The monoisotopic (exact) mass is 222 g/mol. The summed E-state index contributed by atoms with van der Waals surface area (Å²) in [6, 6.07) is -0.543. The summed E-state index contributed by atoms with van der Waals surface area (Å²) >= 11 is 0. The van der Waals surface area contributed by atoms with Crippen LogP contribution in [-0.2, 0) is 6.18 Å². The zero-order chi connectivity index (χ0) is 11.6. The zero-order valence-electron chi connectivity index (χ0n) is 8.47. The Balaban J connectivity index is 2.85. The van der Waals surface area contributed by atoms with E-state index < -0.39 is 18.0 Å². The minimum Gasteiger partial charge on any atom is -0.321 e. The molecule has 0 aliphatic heterocycles. The molecule has 0 fully saturated rings. The molecule has 0 aromatic carbocycles. The molecule has 1 aromatic rings. The number of nitrogens with one attached hydrogen (secondary N) is 1. The predicted molar refractivity (Wildman–Crippen MR) is 47.8 cm³/mol. The van der Waals surface area contributed by atoms with Gasteiger partial charge in [0.1, 0.15) is 5.82 Å². The molecular weight excluding hydrogens is 209 g/mol. The number of aromatic amines is 1. The predicted octanol–water partition coefficient (Wildman–Crippen LogP) is 1.87. The van der Waals surface area contributed by atoms with Crippen molar-refractivity contribution in [2.75, 3.05) is 0 Å². The van der Waals surface area contributed by atoms with E-state index in [1.807, 2.05) is 13.8 Å². The van der Waals surface area contributed by atoms with Gasteiger partial charge in [-0.05, 0) is 5.92 Å². The molecule has 0 unspecified atom stereocenters. The molecule has 1 aromatic heterocycles. The summed E-state index contributed by atoms with van der Waals surface area (Å²) in [5.41, 5.74) is 5.70. The molecule has 0 bridgehead atoms. The molecule has 0 amide bonds. The van der Waals surface area contributed by atoms with Gasteiger partial charge in [-0.1, -0.05) is 20.3 Å². The van der Waals surface area contributed by atoms with Gasteiger partial charge in [-0.2, -0.15) is 13.2 Å². The zero-order valence-corrected chi connectivity index (χ0v) is 8.47. The standard InChI is InChI=1S/C8H13F3N4/c1-3-4(2)5(12)6-13-7(15-14-6)8(9,10)11/h4-5H,3,12H2,1-2H3,(H,13,14,15)/t4-,5-/m0/s1. The van der Waals surface area contributed by atoms with Crippen LogP contribution in [0.5, 0.6) is 0 Å². The van der Waals surface area contributed by atoms with Crippen molar-refractivity contribution >= 4 is 0 Å². The molecule has 0 spiro atoms. The maximum absolute atomic E-state index is 12.2. The van der Waals surface area contributed by atoms with Crippen molar-refractivity contribution < 1.29 is 13.2 Å². The lowest BCUT2D eigenvalue weighted by atomic mass is 10.00. The SMILES string of the molecule is CC[C@H](C)[C@H](N)c1nc(C(F)(F)F)n[nH]1. The van der Waals surface area contributed by atoms with Crippen LogP contribution in [0.15, 0.2) is 0 Å².